The molecule has 0 bridgehead atoms. The highest BCUT2D eigenvalue weighted by molar-refractivity contribution is 6.07. The van der Waals surface area contributed by atoms with Crippen molar-refractivity contribution in [3.8, 4) is 5.75 Å². The van der Waals surface area contributed by atoms with Crippen LogP contribution in [0.2, 0.25) is 0 Å². The Morgan fingerprint density at radius 1 is 1.15 bits per heavy atom. The van der Waals surface area contributed by atoms with E-state index in [4.69, 9.17) is 4.74 Å². The number of anilines is 1. The minimum atomic E-state index is -1.13. The lowest BCUT2D eigenvalue weighted by Crippen LogP contribution is -2.58. The molecule has 2 aliphatic rings. The van der Waals surface area contributed by atoms with Crippen molar-refractivity contribution in [3.05, 3.63) is 59.7 Å². The van der Waals surface area contributed by atoms with Gasteiger partial charge in [-0.05, 0) is 29.7 Å². The minimum absolute atomic E-state index is 0.149. The van der Waals surface area contributed by atoms with Crippen molar-refractivity contribution < 1.29 is 29.0 Å². The highest BCUT2D eigenvalue weighted by Crippen LogP contribution is 2.42. The summed E-state index contributed by atoms with van der Waals surface area (Å²) < 4.78 is 5.81. The minimum Gasteiger partial charge on any atom is -0.489 e. The number of nitrogens with one attached hydrogen (secondary N) is 2. The summed E-state index contributed by atoms with van der Waals surface area (Å²) in [7, 11) is 0. The third-order valence-electron chi connectivity index (χ3n) is 6.41. The van der Waals surface area contributed by atoms with Crippen molar-refractivity contribution in [2.45, 2.75) is 44.8 Å². The lowest BCUT2D eigenvalue weighted by Gasteiger charge is -2.28. The molecule has 2 unspecified atom stereocenters. The van der Waals surface area contributed by atoms with E-state index in [1.807, 2.05) is 13.8 Å². The molecule has 4 atom stereocenters. The lowest BCUT2D eigenvalue weighted by molar-refractivity contribution is -0.140. The summed E-state index contributed by atoms with van der Waals surface area (Å²) in [6, 6.07) is 10.7. The normalized spacial score (nSPS) is 20.4. The predicted molar refractivity (Wildman–Crippen MR) is 124 cm³/mol. The fourth-order valence-electron chi connectivity index (χ4n) is 4.33. The molecule has 9 nitrogen and oxygen atoms in total. The molecule has 0 saturated carbocycles. The Bertz CT molecular complexity index is 1120. The van der Waals surface area contributed by atoms with Crippen LogP contribution in [0.1, 0.15) is 36.2 Å². The van der Waals surface area contributed by atoms with Crippen LogP contribution in [0.3, 0.4) is 0 Å². The van der Waals surface area contributed by atoms with E-state index in [-0.39, 0.29) is 18.9 Å². The summed E-state index contributed by atoms with van der Waals surface area (Å²) in [5.41, 5.74) is 1.56. The summed E-state index contributed by atoms with van der Waals surface area (Å²) in [6.45, 7) is 3.59. The molecule has 0 aliphatic carbocycles. The fraction of sp³-hybridized carbons (Fsp3) is 0.360. The number of carboxylic acid groups (broad SMARTS) is 1. The Kier molecular flexibility index (Phi) is 6.54. The number of ether oxygens (including phenoxy) is 1. The third kappa shape index (κ3) is 4.33. The van der Waals surface area contributed by atoms with Gasteiger partial charge < -0.3 is 20.5 Å². The molecule has 0 saturated heterocycles. The van der Waals surface area contributed by atoms with Crippen molar-refractivity contribution in [2.75, 3.05) is 11.5 Å². The Labute approximate surface area is 197 Å². The van der Waals surface area contributed by atoms with E-state index in [1.165, 1.54) is 4.90 Å². The van der Waals surface area contributed by atoms with Gasteiger partial charge in [0.15, 0.2) is 0 Å². The van der Waals surface area contributed by atoms with Gasteiger partial charge in [0.2, 0.25) is 5.91 Å². The number of carboxylic acids is 1. The van der Waals surface area contributed by atoms with Gasteiger partial charge in [-0.15, -0.1) is 0 Å². The summed E-state index contributed by atoms with van der Waals surface area (Å²) in [6.07, 6.45) is 0.779. The molecule has 0 spiro atoms. The maximum Gasteiger partial charge on any atom is 0.327 e. The SMILES string of the molecule is CCC(C)C(NC(=O)c1ccccc1)C(=O)N[C@H]1COc2cccc3c2N(C1=O)[C@H](C(=O)O)C3. The number of amides is 3. The van der Waals surface area contributed by atoms with Crippen LogP contribution < -0.4 is 20.3 Å². The topological polar surface area (TPSA) is 125 Å². The van der Waals surface area contributed by atoms with Crippen LogP contribution in [0, 0.1) is 5.92 Å². The molecule has 2 heterocycles. The largest absolute Gasteiger partial charge is 0.489 e. The zero-order chi connectivity index (χ0) is 24.4. The second kappa shape index (κ2) is 9.54. The first-order chi connectivity index (χ1) is 16.3. The highest BCUT2D eigenvalue weighted by atomic mass is 16.5. The Hall–Kier alpha value is -3.88. The second-order valence-electron chi connectivity index (χ2n) is 8.61. The third-order valence-corrected chi connectivity index (χ3v) is 6.41. The zero-order valence-corrected chi connectivity index (χ0v) is 19.0. The molecule has 0 aromatic heterocycles. The standard InChI is InChI=1S/C25H27N3O6/c1-3-14(2)20(27-22(29)15-8-5-4-6-9-15)23(30)26-17-13-34-19-11-7-10-16-12-18(25(32)33)28(21(16)19)24(17)31/h4-11,14,17-18,20H,3,12-13H2,1-2H3,(H,26,30)(H,27,29)(H,32,33)/t14?,17-,18-,20?/m0/s1. The van der Waals surface area contributed by atoms with E-state index in [2.05, 4.69) is 10.6 Å². The number of aliphatic carboxylic acids is 1. The van der Waals surface area contributed by atoms with Gasteiger partial charge in [0.25, 0.3) is 11.8 Å². The number of rotatable bonds is 7. The maximum absolute atomic E-state index is 13.4. The molecular weight excluding hydrogens is 438 g/mol. The molecule has 178 valence electrons. The van der Waals surface area contributed by atoms with Crippen molar-refractivity contribution in [3.63, 3.8) is 0 Å². The van der Waals surface area contributed by atoms with Gasteiger partial charge in [-0.25, -0.2) is 4.79 Å². The number of para-hydroxylation sites is 1. The van der Waals surface area contributed by atoms with E-state index >= 15 is 0 Å². The number of nitrogens with zero attached hydrogens (tertiary/aromatic N) is 1. The van der Waals surface area contributed by atoms with E-state index < -0.39 is 41.8 Å². The van der Waals surface area contributed by atoms with Crippen LogP contribution in [0.4, 0.5) is 5.69 Å². The van der Waals surface area contributed by atoms with Gasteiger partial charge in [0.1, 0.15) is 30.5 Å². The zero-order valence-electron chi connectivity index (χ0n) is 19.0. The fourth-order valence-corrected chi connectivity index (χ4v) is 4.33. The van der Waals surface area contributed by atoms with Crippen molar-refractivity contribution in [1.82, 2.24) is 10.6 Å². The maximum atomic E-state index is 13.4. The average molecular weight is 466 g/mol. The Morgan fingerprint density at radius 3 is 2.56 bits per heavy atom. The number of carbonyl (C=O) groups is 4. The van der Waals surface area contributed by atoms with E-state index in [0.717, 1.165) is 0 Å². The van der Waals surface area contributed by atoms with Crippen molar-refractivity contribution in [2.24, 2.45) is 5.92 Å². The molecular formula is C25H27N3O6. The van der Waals surface area contributed by atoms with Gasteiger partial charge >= 0.3 is 5.97 Å². The quantitative estimate of drug-likeness (QED) is 0.572. The summed E-state index contributed by atoms with van der Waals surface area (Å²) in [5, 5.41) is 15.2. The molecule has 4 rings (SSSR count). The van der Waals surface area contributed by atoms with Crippen LogP contribution in [-0.4, -0.2) is 53.5 Å². The Morgan fingerprint density at radius 2 is 1.88 bits per heavy atom. The molecule has 3 N–H and O–H groups in total. The van der Waals surface area contributed by atoms with Crippen molar-refractivity contribution >= 4 is 29.4 Å². The van der Waals surface area contributed by atoms with Gasteiger partial charge in [-0.2, -0.15) is 0 Å². The molecule has 3 amide bonds. The Balaban J connectivity index is 1.56. The van der Waals surface area contributed by atoms with Crippen LogP contribution in [0.25, 0.3) is 0 Å². The van der Waals surface area contributed by atoms with Gasteiger partial charge in [0, 0.05) is 12.0 Å². The first-order valence-corrected chi connectivity index (χ1v) is 11.3. The summed E-state index contributed by atoms with van der Waals surface area (Å²) in [5.74, 6) is -2.42. The molecule has 9 heteroatoms. The smallest absolute Gasteiger partial charge is 0.327 e. The molecule has 2 aliphatic heterocycles. The lowest BCUT2D eigenvalue weighted by atomic mass is 9.97. The molecule has 0 fully saturated rings. The van der Waals surface area contributed by atoms with Crippen LogP contribution >= 0.6 is 0 Å². The summed E-state index contributed by atoms with van der Waals surface area (Å²) in [4.78, 5) is 52.5. The van der Waals surface area contributed by atoms with Gasteiger partial charge in [0.05, 0.1) is 5.69 Å². The van der Waals surface area contributed by atoms with Crippen LogP contribution in [-0.2, 0) is 20.8 Å². The number of benzene rings is 2. The first kappa shape index (κ1) is 23.3. The average Bonchev–Trinajstić information content (AvgIpc) is 3.19. The number of carbonyl (C=O) groups excluding carboxylic acids is 3. The predicted octanol–water partition coefficient (Wildman–Crippen LogP) is 1.75. The summed E-state index contributed by atoms with van der Waals surface area (Å²) >= 11 is 0. The molecule has 2 aromatic rings. The van der Waals surface area contributed by atoms with Gasteiger partial charge in [-0.1, -0.05) is 50.6 Å². The van der Waals surface area contributed by atoms with Crippen molar-refractivity contribution in [1.29, 1.82) is 0 Å². The molecule has 2 aromatic carbocycles. The van der Waals surface area contributed by atoms with Crippen LogP contribution in [0.15, 0.2) is 48.5 Å². The highest BCUT2D eigenvalue weighted by Gasteiger charge is 2.45. The monoisotopic (exact) mass is 465 g/mol. The number of hydrogen-bond donors (Lipinski definition) is 3. The van der Waals surface area contributed by atoms with Crippen LogP contribution in [0.5, 0.6) is 5.75 Å². The molecule has 34 heavy (non-hydrogen) atoms. The van der Waals surface area contributed by atoms with E-state index in [0.29, 0.717) is 29.0 Å². The molecule has 0 radical (unpaired) electrons. The first-order valence-electron chi connectivity index (χ1n) is 11.3. The number of hydrogen-bond acceptors (Lipinski definition) is 5. The van der Waals surface area contributed by atoms with E-state index in [9.17, 15) is 24.3 Å². The second-order valence-corrected chi connectivity index (χ2v) is 8.61. The van der Waals surface area contributed by atoms with Gasteiger partial charge in [-0.3, -0.25) is 19.3 Å². The van der Waals surface area contributed by atoms with E-state index in [1.54, 1.807) is 48.5 Å².